The van der Waals surface area contributed by atoms with Gasteiger partial charge in [-0.1, -0.05) is 19.9 Å². The van der Waals surface area contributed by atoms with Gasteiger partial charge in [-0.2, -0.15) is 0 Å². The van der Waals surface area contributed by atoms with Crippen LogP contribution in [-0.2, 0) is 14.3 Å². The molecule has 0 saturated heterocycles. The molecule has 0 heterocycles. The number of carbonyl (C=O) groups excluding carboxylic acids is 2. The van der Waals surface area contributed by atoms with Crippen molar-refractivity contribution in [2.24, 2.45) is 34.5 Å². The Morgan fingerprint density at radius 1 is 1.24 bits per heavy atom. The van der Waals surface area contributed by atoms with Crippen molar-refractivity contribution in [1.82, 2.24) is 4.90 Å². The Bertz CT molecular complexity index is 784. The lowest BCUT2D eigenvalue weighted by Gasteiger charge is -2.58. The highest BCUT2D eigenvalue weighted by Gasteiger charge is 2.62. The topological polar surface area (TPSA) is 66.8 Å². The van der Waals surface area contributed by atoms with Crippen molar-refractivity contribution in [1.29, 1.82) is 0 Å². The average Bonchev–Trinajstić information content (AvgIpc) is 2.97. The Balaban J connectivity index is 1.66. The molecule has 0 aliphatic heterocycles. The number of aliphatic hydroxyl groups excluding tert-OH is 1. The molecular formula is C24H35NO4. The predicted molar refractivity (Wildman–Crippen MR) is 111 cm³/mol. The summed E-state index contributed by atoms with van der Waals surface area (Å²) in [5, 5.41) is 11.4. The first-order valence-corrected chi connectivity index (χ1v) is 11.1. The van der Waals surface area contributed by atoms with E-state index in [1.165, 1.54) is 12.5 Å². The van der Waals surface area contributed by atoms with Gasteiger partial charge in [0.05, 0.1) is 6.10 Å². The molecular weight excluding hydrogens is 366 g/mol. The Morgan fingerprint density at radius 2 is 1.97 bits per heavy atom. The van der Waals surface area contributed by atoms with E-state index in [0.717, 1.165) is 37.9 Å². The predicted octanol–water partition coefficient (Wildman–Crippen LogP) is 3.68. The lowest BCUT2D eigenvalue weighted by atomic mass is 9.47. The summed E-state index contributed by atoms with van der Waals surface area (Å²) >= 11 is 0. The number of hydrogen-bond acceptors (Lipinski definition) is 4. The zero-order chi connectivity index (χ0) is 21.1. The van der Waals surface area contributed by atoms with Crippen molar-refractivity contribution in [3.05, 3.63) is 23.5 Å². The lowest BCUT2D eigenvalue weighted by molar-refractivity contribution is -0.148. The third-order valence-corrected chi connectivity index (χ3v) is 8.68. The van der Waals surface area contributed by atoms with Gasteiger partial charge in [0.2, 0.25) is 5.91 Å². The standard InChI is InChI=1S/C24H35NO4/c1-14(26)29-16-10-11-23(2)15(12-16)6-7-17-18-8-9-19(22(28)25(4)5)24(18,3)13-20(27)21(17)23/h6,12,17-21,27H,7-11,13H2,1-5H3/t17-,18-,19+,20-,21+,23-,24-/m0/s1. The van der Waals surface area contributed by atoms with Gasteiger partial charge in [-0.15, -0.1) is 0 Å². The number of esters is 1. The van der Waals surface area contributed by atoms with Crippen molar-refractivity contribution in [2.75, 3.05) is 14.1 Å². The molecule has 0 radical (unpaired) electrons. The summed E-state index contributed by atoms with van der Waals surface area (Å²) in [5.41, 5.74) is 0.983. The second-order valence-electron chi connectivity index (χ2n) is 10.5. The van der Waals surface area contributed by atoms with Crippen molar-refractivity contribution in [3.8, 4) is 0 Å². The van der Waals surface area contributed by atoms with Gasteiger partial charge >= 0.3 is 5.97 Å². The normalized spacial score (nSPS) is 43.3. The summed E-state index contributed by atoms with van der Waals surface area (Å²) in [6, 6.07) is 0. The van der Waals surface area contributed by atoms with E-state index < -0.39 is 6.10 Å². The fraction of sp³-hybridized carbons (Fsp3) is 0.750. The van der Waals surface area contributed by atoms with Gasteiger partial charge in [0.1, 0.15) is 5.76 Å². The van der Waals surface area contributed by atoms with Crippen LogP contribution in [0.3, 0.4) is 0 Å². The molecule has 2 saturated carbocycles. The monoisotopic (exact) mass is 401 g/mol. The molecule has 5 heteroatoms. The highest BCUT2D eigenvalue weighted by molar-refractivity contribution is 5.79. The molecule has 0 aromatic heterocycles. The molecule has 1 N–H and O–H groups in total. The molecule has 160 valence electrons. The van der Waals surface area contributed by atoms with Crippen LogP contribution >= 0.6 is 0 Å². The molecule has 29 heavy (non-hydrogen) atoms. The van der Waals surface area contributed by atoms with Crippen molar-refractivity contribution in [3.63, 3.8) is 0 Å². The van der Waals surface area contributed by atoms with Crippen LogP contribution < -0.4 is 0 Å². The number of amides is 1. The van der Waals surface area contributed by atoms with Crippen LogP contribution in [0, 0.1) is 34.5 Å². The Hall–Kier alpha value is -1.62. The lowest BCUT2D eigenvalue weighted by Crippen LogP contribution is -2.56. The second-order valence-corrected chi connectivity index (χ2v) is 10.5. The van der Waals surface area contributed by atoms with Gasteiger partial charge in [0.15, 0.2) is 0 Å². The van der Waals surface area contributed by atoms with Crippen LogP contribution in [-0.4, -0.2) is 42.1 Å². The van der Waals surface area contributed by atoms with E-state index in [2.05, 4.69) is 19.9 Å². The summed E-state index contributed by atoms with van der Waals surface area (Å²) in [6.45, 7) is 5.97. The van der Waals surface area contributed by atoms with E-state index in [1.807, 2.05) is 20.2 Å². The van der Waals surface area contributed by atoms with Gasteiger partial charge in [0, 0.05) is 33.4 Å². The molecule has 2 fully saturated rings. The molecule has 4 aliphatic rings. The number of fused-ring (bicyclic) bond motifs is 5. The van der Waals surface area contributed by atoms with E-state index in [4.69, 9.17) is 4.74 Å². The first-order valence-electron chi connectivity index (χ1n) is 11.1. The minimum absolute atomic E-state index is 0.0121. The first-order chi connectivity index (χ1) is 13.6. The maximum absolute atomic E-state index is 12.9. The van der Waals surface area contributed by atoms with E-state index in [1.54, 1.807) is 4.90 Å². The van der Waals surface area contributed by atoms with E-state index in [-0.39, 0.29) is 34.5 Å². The largest absolute Gasteiger partial charge is 0.431 e. The van der Waals surface area contributed by atoms with Crippen LogP contribution in [0.25, 0.3) is 0 Å². The van der Waals surface area contributed by atoms with Crippen LogP contribution in [0.1, 0.15) is 59.3 Å². The highest BCUT2D eigenvalue weighted by Crippen LogP contribution is 2.66. The van der Waals surface area contributed by atoms with Gasteiger partial charge in [-0.25, -0.2) is 0 Å². The number of ether oxygens (including phenoxy) is 1. The first kappa shape index (κ1) is 20.6. The minimum atomic E-state index is -0.408. The molecule has 1 amide bonds. The Morgan fingerprint density at radius 3 is 2.62 bits per heavy atom. The molecule has 5 nitrogen and oxygen atoms in total. The van der Waals surface area contributed by atoms with Crippen LogP contribution in [0.15, 0.2) is 23.5 Å². The van der Waals surface area contributed by atoms with Crippen molar-refractivity contribution < 1.29 is 19.4 Å². The fourth-order valence-electron chi connectivity index (χ4n) is 7.42. The molecule has 0 unspecified atom stereocenters. The number of rotatable bonds is 2. The van der Waals surface area contributed by atoms with E-state index in [0.29, 0.717) is 18.3 Å². The van der Waals surface area contributed by atoms with E-state index >= 15 is 0 Å². The number of allylic oxidation sites excluding steroid dienone is 4. The highest BCUT2D eigenvalue weighted by atomic mass is 16.5. The molecule has 0 aromatic carbocycles. The summed E-state index contributed by atoms with van der Waals surface area (Å²) < 4.78 is 5.37. The summed E-state index contributed by atoms with van der Waals surface area (Å²) in [4.78, 5) is 26.0. The third-order valence-electron chi connectivity index (χ3n) is 8.68. The Labute approximate surface area is 174 Å². The van der Waals surface area contributed by atoms with Crippen LogP contribution in [0.5, 0.6) is 0 Å². The van der Waals surface area contributed by atoms with Crippen LogP contribution in [0.4, 0.5) is 0 Å². The fourth-order valence-corrected chi connectivity index (χ4v) is 7.42. The molecule has 4 aliphatic carbocycles. The molecule has 0 bridgehead atoms. The molecule has 7 atom stereocenters. The maximum atomic E-state index is 12.9. The van der Waals surface area contributed by atoms with Gasteiger partial charge < -0.3 is 14.7 Å². The second kappa shape index (κ2) is 6.97. The quantitative estimate of drug-likeness (QED) is 0.717. The number of carbonyl (C=O) groups is 2. The third kappa shape index (κ3) is 3.08. The van der Waals surface area contributed by atoms with Crippen molar-refractivity contribution >= 4 is 11.9 Å². The summed E-state index contributed by atoms with van der Waals surface area (Å²) in [7, 11) is 3.68. The molecule has 0 aromatic rings. The zero-order valence-corrected chi connectivity index (χ0v) is 18.4. The van der Waals surface area contributed by atoms with Gasteiger partial charge in [-0.05, 0) is 72.3 Å². The summed E-state index contributed by atoms with van der Waals surface area (Å²) in [5.74, 6) is 1.77. The zero-order valence-electron chi connectivity index (χ0n) is 18.4. The average molecular weight is 402 g/mol. The number of aliphatic hydroxyl groups is 1. The maximum Gasteiger partial charge on any atom is 0.307 e. The minimum Gasteiger partial charge on any atom is -0.431 e. The molecule has 4 rings (SSSR count). The number of nitrogens with zero attached hydrogens (tertiary/aromatic N) is 1. The van der Waals surface area contributed by atoms with Crippen molar-refractivity contribution in [2.45, 2.75) is 65.4 Å². The SMILES string of the molecule is CC(=O)OC1=CC2=CC[C@@H]3[C@H]([C@@H](O)C[C@]4(C)[C@@H](C(=O)N(C)C)CC[C@@H]34)[C@@]2(C)CC1. The van der Waals surface area contributed by atoms with E-state index in [9.17, 15) is 14.7 Å². The smallest absolute Gasteiger partial charge is 0.307 e. The summed E-state index contributed by atoms with van der Waals surface area (Å²) in [6.07, 6.45) is 9.19. The molecule has 0 spiro atoms. The number of hydrogen-bond donors (Lipinski definition) is 1. The van der Waals surface area contributed by atoms with Gasteiger partial charge in [0.25, 0.3) is 0 Å². The Kier molecular flexibility index (Phi) is 4.96. The van der Waals surface area contributed by atoms with Gasteiger partial charge in [-0.3, -0.25) is 9.59 Å². The van der Waals surface area contributed by atoms with Crippen LogP contribution in [0.2, 0.25) is 0 Å².